The number of benzene rings is 1. The van der Waals surface area contributed by atoms with Crippen LogP contribution in [0.1, 0.15) is 12.5 Å². The summed E-state index contributed by atoms with van der Waals surface area (Å²) in [6.07, 6.45) is -0.956. The van der Waals surface area contributed by atoms with E-state index >= 15 is 0 Å². The summed E-state index contributed by atoms with van der Waals surface area (Å²) in [7, 11) is 0. The average molecular weight is 369 g/mol. The van der Waals surface area contributed by atoms with Gasteiger partial charge >= 0.3 is 6.03 Å². The lowest BCUT2D eigenvalue weighted by atomic mass is 9.91. The average Bonchev–Trinajstić information content (AvgIpc) is 2.82. The van der Waals surface area contributed by atoms with Crippen LogP contribution in [0, 0.1) is 11.6 Å². The fourth-order valence-electron chi connectivity index (χ4n) is 3.28. The number of imide groups is 1. The SMILES string of the molecule is C[C@]1(c2cc(F)ccc2F)NC(=O)N(C[C@@H](O)CN2CCOCC2)C1=O. The smallest absolute Gasteiger partial charge is 0.325 e. The molecule has 0 saturated carbocycles. The molecule has 2 saturated heterocycles. The van der Waals surface area contributed by atoms with Gasteiger partial charge < -0.3 is 15.2 Å². The highest BCUT2D eigenvalue weighted by Crippen LogP contribution is 2.31. The van der Waals surface area contributed by atoms with Crippen LogP contribution in [0.2, 0.25) is 0 Å². The van der Waals surface area contributed by atoms with Gasteiger partial charge in [-0.25, -0.2) is 13.6 Å². The van der Waals surface area contributed by atoms with Crippen LogP contribution in [0.4, 0.5) is 13.6 Å². The third kappa shape index (κ3) is 3.55. The van der Waals surface area contributed by atoms with E-state index < -0.39 is 35.2 Å². The summed E-state index contributed by atoms with van der Waals surface area (Å²) >= 11 is 0. The molecule has 2 atom stereocenters. The Morgan fingerprint density at radius 3 is 2.65 bits per heavy atom. The molecule has 142 valence electrons. The maximum atomic E-state index is 14.1. The molecule has 3 rings (SSSR count). The molecule has 0 bridgehead atoms. The number of aliphatic hydroxyl groups excluding tert-OH is 1. The fraction of sp³-hybridized carbons (Fsp3) is 0.529. The molecule has 2 heterocycles. The van der Waals surface area contributed by atoms with E-state index in [1.807, 2.05) is 4.90 Å². The molecule has 9 heteroatoms. The number of urea groups is 1. The number of amides is 3. The first-order chi connectivity index (χ1) is 12.3. The Kier molecular flexibility index (Phi) is 5.22. The Labute approximate surface area is 149 Å². The molecule has 2 fully saturated rings. The van der Waals surface area contributed by atoms with Crippen LogP contribution < -0.4 is 5.32 Å². The van der Waals surface area contributed by atoms with Gasteiger partial charge in [-0.05, 0) is 25.1 Å². The van der Waals surface area contributed by atoms with Crippen molar-refractivity contribution >= 4 is 11.9 Å². The molecule has 1 aromatic rings. The highest BCUT2D eigenvalue weighted by Gasteiger charge is 2.50. The van der Waals surface area contributed by atoms with Crippen LogP contribution in [0.5, 0.6) is 0 Å². The predicted molar refractivity (Wildman–Crippen MR) is 87.2 cm³/mol. The van der Waals surface area contributed by atoms with Crippen molar-refractivity contribution in [3.8, 4) is 0 Å². The molecule has 0 aliphatic carbocycles. The number of carbonyl (C=O) groups is 2. The minimum Gasteiger partial charge on any atom is -0.390 e. The minimum absolute atomic E-state index is 0.228. The highest BCUT2D eigenvalue weighted by molar-refractivity contribution is 6.07. The van der Waals surface area contributed by atoms with Crippen molar-refractivity contribution in [1.82, 2.24) is 15.1 Å². The van der Waals surface area contributed by atoms with E-state index in [1.54, 1.807) is 0 Å². The molecule has 2 aliphatic heterocycles. The molecule has 7 nitrogen and oxygen atoms in total. The van der Waals surface area contributed by atoms with Gasteiger partial charge in [0, 0.05) is 25.2 Å². The van der Waals surface area contributed by atoms with Crippen LogP contribution in [0.25, 0.3) is 0 Å². The first-order valence-corrected chi connectivity index (χ1v) is 8.39. The van der Waals surface area contributed by atoms with Crippen molar-refractivity contribution in [2.45, 2.75) is 18.6 Å². The van der Waals surface area contributed by atoms with E-state index in [1.165, 1.54) is 6.92 Å². The monoisotopic (exact) mass is 369 g/mol. The number of hydrogen-bond donors (Lipinski definition) is 2. The number of hydrogen-bond acceptors (Lipinski definition) is 5. The fourth-order valence-corrected chi connectivity index (χ4v) is 3.28. The molecule has 26 heavy (non-hydrogen) atoms. The first kappa shape index (κ1) is 18.7. The van der Waals surface area contributed by atoms with Gasteiger partial charge in [0.1, 0.15) is 17.2 Å². The number of nitrogens with one attached hydrogen (secondary N) is 1. The van der Waals surface area contributed by atoms with Gasteiger partial charge in [0.25, 0.3) is 5.91 Å². The first-order valence-electron chi connectivity index (χ1n) is 8.39. The molecule has 2 N–H and O–H groups in total. The topological polar surface area (TPSA) is 82.1 Å². The Morgan fingerprint density at radius 2 is 1.96 bits per heavy atom. The molecule has 0 unspecified atom stereocenters. The van der Waals surface area contributed by atoms with Gasteiger partial charge in [-0.1, -0.05) is 0 Å². The summed E-state index contributed by atoms with van der Waals surface area (Å²) in [5.74, 6) is -2.23. The largest absolute Gasteiger partial charge is 0.390 e. The zero-order valence-corrected chi connectivity index (χ0v) is 14.4. The molecule has 0 aromatic heterocycles. The quantitative estimate of drug-likeness (QED) is 0.736. The van der Waals surface area contributed by atoms with Crippen molar-refractivity contribution in [2.75, 3.05) is 39.4 Å². The van der Waals surface area contributed by atoms with Gasteiger partial charge in [-0.2, -0.15) is 0 Å². The zero-order chi connectivity index (χ0) is 18.9. The summed E-state index contributed by atoms with van der Waals surface area (Å²) < 4.78 is 32.8. The maximum Gasteiger partial charge on any atom is 0.325 e. The lowest BCUT2D eigenvalue weighted by Crippen LogP contribution is -2.46. The number of aliphatic hydroxyl groups is 1. The van der Waals surface area contributed by atoms with Crippen molar-refractivity contribution in [3.63, 3.8) is 0 Å². The van der Waals surface area contributed by atoms with Gasteiger partial charge in [-0.3, -0.25) is 14.6 Å². The van der Waals surface area contributed by atoms with Crippen molar-refractivity contribution in [2.24, 2.45) is 0 Å². The Balaban J connectivity index is 1.72. The highest BCUT2D eigenvalue weighted by atomic mass is 19.1. The number of rotatable bonds is 5. The van der Waals surface area contributed by atoms with Gasteiger partial charge in [0.15, 0.2) is 0 Å². The molecule has 0 radical (unpaired) electrons. The summed E-state index contributed by atoms with van der Waals surface area (Å²) in [5.41, 5.74) is -1.97. The van der Waals surface area contributed by atoms with Crippen molar-refractivity contribution in [3.05, 3.63) is 35.4 Å². The van der Waals surface area contributed by atoms with E-state index in [-0.39, 0.29) is 18.7 Å². The Hall–Kier alpha value is -2.10. The zero-order valence-electron chi connectivity index (χ0n) is 14.4. The van der Waals surface area contributed by atoms with Crippen molar-refractivity contribution in [1.29, 1.82) is 0 Å². The summed E-state index contributed by atoms with van der Waals surface area (Å²) in [5, 5.41) is 12.7. The van der Waals surface area contributed by atoms with Crippen LogP contribution >= 0.6 is 0 Å². The minimum atomic E-state index is -1.72. The normalized spacial score (nSPS) is 25.5. The molecule has 0 spiro atoms. The van der Waals surface area contributed by atoms with Gasteiger partial charge in [0.2, 0.25) is 0 Å². The van der Waals surface area contributed by atoms with Crippen molar-refractivity contribution < 1.29 is 28.2 Å². The van der Waals surface area contributed by atoms with E-state index in [9.17, 15) is 23.5 Å². The summed E-state index contributed by atoms with van der Waals surface area (Å²) in [4.78, 5) is 27.8. The van der Waals surface area contributed by atoms with Crippen LogP contribution in [-0.2, 0) is 15.1 Å². The van der Waals surface area contributed by atoms with Gasteiger partial charge in [-0.15, -0.1) is 0 Å². The molecule has 2 aliphatic rings. The molecule has 3 amide bonds. The summed E-state index contributed by atoms with van der Waals surface area (Å²) in [6.45, 7) is 3.81. The number of morpholine rings is 1. The lowest BCUT2D eigenvalue weighted by Gasteiger charge is -2.29. The van der Waals surface area contributed by atoms with E-state index in [4.69, 9.17) is 4.74 Å². The summed E-state index contributed by atoms with van der Waals surface area (Å²) in [6, 6.07) is 1.99. The predicted octanol–water partition coefficient (Wildman–Crippen LogP) is 0.425. The third-order valence-electron chi connectivity index (χ3n) is 4.71. The Bertz CT molecular complexity index is 711. The standard InChI is InChI=1S/C17H21F2N3O4/c1-17(13-8-11(18)2-3-14(13)19)15(24)22(16(25)20-17)10-12(23)9-21-4-6-26-7-5-21/h2-3,8,12,23H,4-7,9-10H2,1H3,(H,20,25)/t12-,17+/m0/s1. The molecular weight excluding hydrogens is 348 g/mol. The number of halogens is 2. The van der Waals surface area contributed by atoms with Crippen LogP contribution in [0.15, 0.2) is 18.2 Å². The van der Waals surface area contributed by atoms with E-state index in [0.717, 1.165) is 23.1 Å². The number of β-amino-alcohol motifs (C(OH)–C–C–N with tert-alkyl or cyclic N) is 1. The second-order valence-corrected chi connectivity index (χ2v) is 6.66. The van der Waals surface area contributed by atoms with Crippen LogP contribution in [0.3, 0.4) is 0 Å². The van der Waals surface area contributed by atoms with Gasteiger partial charge in [0.05, 0.1) is 25.9 Å². The second kappa shape index (κ2) is 7.26. The maximum absolute atomic E-state index is 14.1. The number of ether oxygens (including phenoxy) is 1. The Morgan fingerprint density at radius 1 is 1.27 bits per heavy atom. The number of nitrogens with zero attached hydrogens (tertiary/aromatic N) is 2. The molecular formula is C17H21F2N3O4. The number of carbonyl (C=O) groups excluding carboxylic acids is 2. The third-order valence-corrected chi connectivity index (χ3v) is 4.71. The lowest BCUT2D eigenvalue weighted by molar-refractivity contribution is -0.132. The van der Waals surface area contributed by atoms with E-state index in [2.05, 4.69) is 5.32 Å². The van der Waals surface area contributed by atoms with E-state index in [0.29, 0.717) is 26.3 Å². The second-order valence-electron chi connectivity index (χ2n) is 6.66. The molecule has 1 aromatic carbocycles. The van der Waals surface area contributed by atoms with Crippen LogP contribution in [-0.4, -0.2) is 72.3 Å².